The van der Waals surface area contributed by atoms with Gasteiger partial charge in [-0.15, -0.1) is 11.8 Å². The molecular formula is C11H12N2S. The number of pyridine rings is 1. The minimum atomic E-state index is -0.367. The lowest BCUT2D eigenvalue weighted by Gasteiger charge is -2.18. The Bertz CT molecular complexity index is 358. The molecule has 2 heterocycles. The van der Waals surface area contributed by atoms with Gasteiger partial charge in [-0.05, 0) is 37.1 Å². The molecule has 2 rings (SSSR count). The normalized spacial score (nSPS) is 26.0. The van der Waals surface area contributed by atoms with E-state index in [1.165, 1.54) is 0 Å². The molecule has 0 aromatic carbocycles. The third-order valence-electron chi connectivity index (χ3n) is 2.53. The SMILES string of the molecule is Cc1ccc(C2(C#N)CCCS2)nc1. The standard InChI is InChI=1S/C11H12N2S/c1-9-3-4-10(13-7-9)11(8-12)5-2-6-14-11/h3-4,7H,2,5-6H2,1H3. The Balaban J connectivity index is 2.37. The van der Waals surface area contributed by atoms with Crippen molar-refractivity contribution in [1.29, 1.82) is 5.26 Å². The van der Waals surface area contributed by atoms with Gasteiger partial charge in [-0.1, -0.05) is 6.07 Å². The molecule has 0 bridgehead atoms. The van der Waals surface area contributed by atoms with Crippen LogP contribution in [0.4, 0.5) is 0 Å². The summed E-state index contributed by atoms with van der Waals surface area (Å²) in [5.41, 5.74) is 2.07. The monoisotopic (exact) mass is 204 g/mol. The highest BCUT2D eigenvalue weighted by molar-refractivity contribution is 8.00. The largest absolute Gasteiger partial charge is 0.258 e. The second kappa shape index (κ2) is 3.62. The molecule has 1 aliphatic rings. The molecule has 1 atom stereocenters. The minimum Gasteiger partial charge on any atom is -0.258 e. The number of aryl methyl sites for hydroxylation is 1. The number of thioether (sulfide) groups is 1. The minimum absolute atomic E-state index is 0.367. The van der Waals surface area contributed by atoms with Gasteiger partial charge in [0.1, 0.15) is 4.75 Å². The van der Waals surface area contributed by atoms with E-state index < -0.39 is 0 Å². The molecule has 0 aliphatic carbocycles. The maximum Gasteiger partial charge on any atom is 0.144 e. The van der Waals surface area contributed by atoms with Crippen molar-refractivity contribution in [3.8, 4) is 6.07 Å². The van der Waals surface area contributed by atoms with E-state index >= 15 is 0 Å². The maximum absolute atomic E-state index is 9.23. The van der Waals surface area contributed by atoms with Crippen molar-refractivity contribution in [2.24, 2.45) is 0 Å². The maximum atomic E-state index is 9.23. The third-order valence-corrected chi connectivity index (χ3v) is 4.02. The van der Waals surface area contributed by atoms with E-state index in [9.17, 15) is 5.26 Å². The van der Waals surface area contributed by atoms with Crippen molar-refractivity contribution in [1.82, 2.24) is 4.98 Å². The van der Waals surface area contributed by atoms with Gasteiger partial charge in [0.2, 0.25) is 0 Å². The molecule has 3 heteroatoms. The number of nitrogens with zero attached hydrogens (tertiary/aromatic N) is 2. The summed E-state index contributed by atoms with van der Waals surface area (Å²) < 4.78 is -0.367. The van der Waals surface area contributed by atoms with E-state index in [0.29, 0.717) is 0 Å². The molecule has 1 unspecified atom stereocenters. The summed E-state index contributed by atoms with van der Waals surface area (Å²) in [6, 6.07) is 6.42. The van der Waals surface area contributed by atoms with E-state index in [1.807, 2.05) is 25.3 Å². The molecule has 2 nitrogen and oxygen atoms in total. The highest BCUT2D eigenvalue weighted by Crippen LogP contribution is 2.45. The van der Waals surface area contributed by atoms with Gasteiger partial charge in [-0.3, -0.25) is 4.98 Å². The number of hydrogen-bond donors (Lipinski definition) is 0. The van der Waals surface area contributed by atoms with Crippen LogP contribution in [0.2, 0.25) is 0 Å². The van der Waals surface area contributed by atoms with Crippen molar-refractivity contribution in [2.45, 2.75) is 24.5 Å². The van der Waals surface area contributed by atoms with Crippen LogP contribution in [0.5, 0.6) is 0 Å². The Hall–Kier alpha value is -1.01. The molecule has 1 aliphatic heterocycles. The van der Waals surface area contributed by atoms with Crippen molar-refractivity contribution in [3.63, 3.8) is 0 Å². The Morgan fingerprint density at radius 2 is 2.43 bits per heavy atom. The van der Waals surface area contributed by atoms with Gasteiger partial charge in [0.25, 0.3) is 0 Å². The summed E-state index contributed by atoms with van der Waals surface area (Å²) >= 11 is 1.73. The Labute approximate surface area is 88.4 Å². The highest BCUT2D eigenvalue weighted by atomic mass is 32.2. The van der Waals surface area contributed by atoms with Crippen LogP contribution in [0.15, 0.2) is 18.3 Å². The van der Waals surface area contributed by atoms with Crippen molar-refractivity contribution in [3.05, 3.63) is 29.6 Å². The average molecular weight is 204 g/mol. The van der Waals surface area contributed by atoms with Crippen LogP contribution in [-0.2, 0) is 4.75 Å². The zero-order valence-electron chi connectivity index (χ0n) is 8.16. The predicted octanol–water partition coefficient (Wildman–Crippen LogP) is 2.64. The molecule has 72 valence electrons. The van der Waals surface area contributed by atoms with Gasteiger partial charge < -0.3 is 0 Å². The van der Waals surface area contributed by atoms with Gasteiger partial charge in [-0.25, -0.2) is 0 Å². The topological polar surface area (TPSA) is 36.7 Å². The van der Waals surface area contributed by atoms with Crippen LogP contribution in [0.25, 0.3) is 0 Å². The fraction of sp³-hybridized carbons (Fsp3) is 0.455. The average Bonchev–Trinajstić information content (AvgIpc) is 2.68. The molecule has 0 radical (unpaired) electrons. The number of aromatic nitrogens is 1. The lowest BCUT2D eigenvalue weighted by Crippen LogP contribution is -2.17. The summed E-state index contributed by atoms with van der Waals surface area (Å²) in [6.07, 6.45) is 3.89. The lowest BCUT2D eigenvalue weighted by atomic mass is 10.00. The van der Waals surface area contributed by atoms with Crippen LogP contribution in [-0.4, -0.2) is 10.7 Å². The van der Waals surface area contributed by atoms with Crippen molar-refractivity contribution >= 4 is 11.8 Å². The van der Waals surface area contributed by atoms with Crippen LogP contribution < -0.4 is 0 Å². The Morgan fingerprint density at radius 1 is 1.57 bits per heavy atom. The molecule has 0 spiro atoms. The number of rotatable bonds is 1. The Kier molecular flexibility index (Phi) is 2.47. The fourth-order valence-electron chi connectivity index (χ4n) is 1.69. The third kappa shape index (κ3) is 1.51. The summed E-state index contributed by atoms with van der Waals surface area (Å²) in [5.74, 6) is 1.07. The molecular weight excluding hydrogens is 192 g/mol. The zero-order valence-corrected chi connectivity index (χ0v) is 8.97. The highest BCUT2D eigenvalue weighted by Gasteiger charge is 2.37. The van der Waals surface area contributed by atoms with Crippen LogP contribution in [0.3, 0.4) is 0 Å². The molecule has 0 saturated carbocycles. The quantitative estimate of drug-likeness (QED) is 0.705. The first-order chi connectivity index (χ1) is 6.77. The fourth-order valence-corrected chi connectivity index (χ4v) is 2.95. The van der Waals surface area contributed by atoms with Crippen molar-refractivity contribution in [2.75, 3.05) is 5.75 Å². The smallest absolute Gasteiger partial charge is 0.144 e. The van der Waals surface area contributed by atoms with E-state index in [2.05, 4.69) is 11.1 Å². The van der Waals surface area contributed by atoms with Gasteiger partial charge in [0.15, 0.2) is 0 Å². The van der Waals surface area contributed by atoms with E-state index in [1.54, 1.807) is 11.8 Å². The van der Waals surface area contributed by atoms with E-state index in [0.717, 1.165) is 29.9 Å². The second-order valence-corrected chi connectivity index (χ2v) is 5.01. The molecule has 1 saturated heterocycles. The van der Waals surface area contributed by atoms with Gasteiger partial charge >= 0.3 is 0 Å². The van der Waals surface area contributed by atoms with E-state index in [4.69, 9.17) is 0 Å². The summed E-state index contributed by atoms with van der Waals surface area (Å²) in [4.78, 5) is 4.36. The van der Waals surface area contributed by atoms with Crippen LogP contribution in [0.1, 0.15) is 24.1 Å². The molecule has 1 fully saturated rings. The zero-order chi connectivity index (χ0) is 10.0. The number of hydrogen-bond acceptors (Lipinski definition) is 3. The van der Waals surface area contributed by atoms with Gasteiger partial charge in [-0.2, -0.15) is 5.26 Å². The van der Waals surface area contributed by atoms with Crippen LogP contribution in [0, 0.1) is 18.3 Å². The predicted molar refractivity (Wildman–Crippen MR) is 58.0 cm³/mol. The van der Waals surface area contributed by atoms with E-state index in [-0.39, 0.29) is 4.75 Å². The molecule has 0 N–H and O–H groups in total. The second-order valence-electron chi connectivity index (χ2n) is 3.61. The first-order valence-electron chi connectivity index (χ1n) is 4.75. The molecule has 0 amide bonds. The number of nitriles is 1. The van der Waals surface area contributed by atoms with Crippen LogP contribution >= 0.6 is 11.8 Å². The first kappa shape index (κ1) is 9.54. The Morgan fingerprint density at radius 3 is 2.93 bits per heavy atom. The molecule has 1 aromatic heterocycles. The summed E-state index contributed by atoms with van der Waals surface area (Å²) in [5, 5.41) is 9.23. The summed E-state index contributed by atoms with van der Waals surface area (Å²) in [6.45, 7) is 2.01. The lowest BCUT2D eigenvalue weighted by molar-refractivity contribution is 0.698. The first-order valence-corrected chi connectivity index (χ1v) is 5.74. The summed E-state index contributed by atoms with van der Waals surface area (Å²) in [7, 11) is 0. The van der Waals surface area contributed by atoms with Gasteiger partial charge in [0.05, 0.1) is 11.8 Å². The molecule has 14 heavy (non-hydrogen) atoms. The van der Waals surface area contributed by atoms with Crippen molar-refractivity contribution < 1.29 is 0 Å². The van der Waals surface area contributed by atoms with Gasteiger partial charge in [0, 0.05) is 6.20 Å². The molecule has 1 aromatic rings.